The SMILES string of the molecule is C=C(C)CC1=NC(C)C=CC=C1C.CCc1cc(C(=O)NC)ccc1C.[HH]. The van der Waals surface area contributed by atoms with Crippen molar-refractivity contribution in [3.05, 3.63) is 70.8 Å². The van der Waals surface area contributed by atoms with E-state index >= 15 is 0 Å². The highest BCUT2D eigenvalue weighted by molar-refractivity contribution is 6.01. The highest BCUT2D eigenvalue weighted by Gasteiger charge is 2.06. The molecule has 0 aliphatic carbocycles. The Morgan fingerprint density at radius 2 is 2.04 bits per heavy atom. The molecule has 0 fully saturated rings. The third-order valence-corrected chi connectivity index (χ3v) is 4.24. The van der Waals surface area contributed by atoms with Crippen molar-refractivity contribution < 1.29 is 6.22 Å². The molecule has 1 aliphatic rings. The number of aliphatic imine (C=N–C) groups is 1. The molecule has 1 heterocycles. The van der Waals surface area contributed by atoms with E-state index in [0.29, 0.717) is 6.04 Å². The summed E-state index contributed by atoms with van der Waals surface area (Å²) in [5.74, 6) is -0.0188. The summed E-state index contributed by atoms with van der Waals surface area (Å²) in [6.45, 7) is 14.3. The third-order valence-electron chi connectivity index (χ3n) is 4.24. The predicted octanol–water partition coefficient (Wildman–Crippen LogP) is 5.46. The topological polar surface area (TPSA) is 41.5 Å². The highest BCUT2D eigenvalue weighted by Crippen LogP contribution is 2.13. The van der Waals surface area contributed by atoms with Gasteiger partial charge in [-0.1, -0.05) is 43.4 Å². The van der Waals surface area contributed by atoms with Gasteiger partial charge in [-0.3, -0.25) is 9.79 Å². The van der Waals surface area contributed by atoms with Gasteiger partial charge in [-0.05, 0) is 62.9 Å². The zero-order valence-corrected chi connectivity index (χ0v) is 17.0. The number of amides is 1. The van der Waals surface area contributed by atoms with Gasteiger partial charge >= 0.3 is 0 Å². The molecule has 26 heavy (non-hydrogen) atoms. The normalized spacial score (nSPS) is 15.8. The molecular formula is C23H34N2O. The van der Waals surface area contributed by atoms with E-state index < -0.39 is 0 Å². The summed E-state index contributed by atoms with van der Waals surface area (Å²) in [4.78, 5) is 15.9. The smallest absolute Gasteiger partial charge is 0.251 e. The van der Waals surface area contributed by atoms with Gasteiger partial charge < -0.3 is 5.32 Å². The Morgan fingerprint density at radius 3 is 2.62 bits per heavy atom. The number of benzene rings is 1. The zero-order valence-electron chi connectivity index (χ0n) is 17.0. The van der Waals surface area contributed by atoms with Crippen molar-refractivity contribution in [2.75, 3.05) is 7.05 Å². The second kappa shape index (κ2) is 10.5. The number of allylic oxidation sites excluding steroid dienone is 4. The molecule has 1 aromatic carbocycles. The fourth-order valence-corrected chi connectivity index (χ4v) is 2.66. The molecule has 0 bridgehead atoms. The Kier molecular flexibility index (Phi) is 8.77. The Balaban J connectivity index is 0.000000483. The average molecular weight is 355 g/mol. The van der Waals surface area contributed by atoms with Gasteiger partial charge in [0.05, 0.1) is 6.04 Å². The molecule has 142 valence electrons. The third kappa shape index (κ3) is 6.83. The molecule has 1 aliphatic heterocycles. The first-order valence-electron chi connectivity index (χ1n) is 9.16. The number of nitrogens with zero attached hydrogens (tertiary/aromatic N) is 1. The molecule has 1 aromatic rings. The maximum atomic E-state index is 11.3. The van der Waals surface area contributed by atoms with Crippen LogP contribution in [0.5, 0.6) is 0 Å². The maximum Gasteiger partial charge on any atom is 0.251 e. The van der Waals surface area contributed by atoms with Crippen LogP contribution in [0.2, 0.25) is 0 Å². The van der Waals surface area contributed by atoms with Gasteiger partial charge in [0.25, 0.3) is 5.91 Å². The zero-order chi connectivity index (χ0) is 19.7. The van der Waals surface area contributed by atoms with Crippen LogP contribution in [0.3, 0.4) is 0 Å². The fraction of sp³-hybridized carbons (Fsp3) is 0.391. The van der Waals surface area contributed by atoms with E-state index in [2.05, 4.69) is 62.8 Å². The van der Waals surface area contributed by atoms with Gasteiger partial charge in [-0.25, -0.2) is 0 Å². The van der Waals surface area contributed by atoms with Crippen LogP contribution in [0, 0.1) is 6.92 Å². The molecule has 1 amide bonds. The minimum atomic E-state index is -0.0188. The minimum Gasteiger partial charge on any atom is -0.355 e. The highest BCUT2D eigenvalue weighted by atomic mass is 16.1. The number of hydrogen-bond donors (Lipinski definition) is 1. The number of hydrogen-bond acceptors (Lipinski definition) is 2. The molecule has 0 radical (unpaired) electrons. The Morgan fingerprint density at radius 1 is 1.35 bits per heavy atom. The molecule has 0 spiro atoms. The lowest BCUT2D eigenvalue weighted by atomic mass is 10.0. The van der Waals surface area contributed by atoms with Crippen molar-refractivity contribution in [1.82, 2.24) is 5.32 Å². The summed E-state index contributed by atoms with van der Waals surface area (Å²) in [5, 5.41) is 2.61. The number of aryl methyl sites for hydroxylation is 2. The summed E-state index contributed by atoms with van der Waals surface area (Å²) in [6, 6.07) is 6.09. The van der Waals surface area contributed by atoms with Gasteiger partial charge in [0.15, 0.2) is 0 Å². The maximum absolute atomic E-state index is 11.3. The van der Waals surface area contributed by atoms with Gasteiger partial charge in [-0.2, -0.15) is 0 Å². The van der Waals surface area contributed by atoms with Crippen LogP contribution in [0.15, 0.2) is 59.1 Å². The van der Waals surface area contributed by atoms with Crippen molar-refractivity contribution in [1.29, 1.82) is 0 Å². The molecular weight excluding hydrogens is 320 g/mol. The van der Waals surface area contributed by atoms with Crippen molar-refractivity contribution >= 4 is 11.6 Å². The van der Waals surface area contributed by atoms with E-state index in [0.717, 1.165) is 18.4 Å². The summed E-state index contributed by atoms with van der Waals surface area (Å²) in [5.41, 5.74) is 6.82. The van der Waals surface area contributed by atoms with E-state index in [9.17, 15) is 4.79 Å². The molecule has 3 nitrogen and oxygen atoms in total. The Bertz CT molecular complexity index is 745. The first-order valence-corrected chi connectivity index (χ1v) is 9.16. The lowest BCUT2D eigenvalue weighted by Gasteiger charge is -2.07. The fourth-order valence-electron chi connectivity index (χ4n) is 2.66. The van der Waals surface area contributed by atoms with E-state index in [-0.39, 0.29) is 7.33 Å². The first-order chi connectivity index (χ1) is 12.3. The molecule has 2 rings (SSSR count). The van der Waals surface area contributed by atoms with E-state index in [4.69, 9.17) is 0 Å². The molecule has 1 unspecified atom stereocenters. The molecule has 0 saturated heterocycles. The van der Waals surface area contributed by atoms with Crippen LogP contribution >= 0.6 is 0 Å². The second-order valence-corrected chi connectivity index (χ2v) is 6.76. The largest absolute Gasteiger partial charge is 0.355 e. The molecule has 3 heteroatoms. The monoisotopic (exact) mass is 354 g/mol. The van der Waals surface area contributed by atoms with E-state index in [1.807, 2.05) is 25.1 Å². The minimum absolute atomic E-state index is 0. The summed E-state index contributed by atoms with van der Waals surface area (Å²) in [6.07, 6.45) is 8.17. The van der Waals surface area contributed by atoms with Gasteiger partial charge in [0.1, 0.15) is 0 Å². The van der Waals surface area contributed by atoms with Crippen molar-refractivity contribution in [2.24, 2.45) is 4.99 Å². The second-order valence-electron chi connectivity index (χ2n) is 6.76. The predicted molar refractivity (Wildman–Crippen MR) is 115 cm³/mol. The summed E-state index contributed by atoms with van der Waals surface area (Å²) < 4.78 is 0. The van der Waals surface area contributed by atoms with Gasteiger partial charge in [-0.15, -0.1) is 0 Å². The number of carbonyl (C=O) groups is 1. The van der Waals surface area contributed by atoms with Crippen LogP contribution in [-0.4, -0.2) is 24.7 Å². The summed E-state index contributed by atoms with van der Waals surface area (Å²) >= 11 is 0. The molecule has 1 atom stereocenters. The Hall–Kier alpha value is -2.42. The Labute approximate surface area is 160 Å². The van der Waals surface area contributed by atoms with Crippen molar-refractivity contribution in [3.63, 3.8) is 0 Å². The molecule has 0 aromatic heterocycles. The molecule has 0 saturated carbocycles. The quantitative estimate of drug-likeness (QED) is 0.717. The van der Waals surface area contributed by atoms with Crippen molar-refractivity contribution in [3.8, 4) is 0 Å². The van der Waals surface area contributed by atoms with Gasteiger partial charge in [0.2, 0.25) is 0 Å². The lowest BCUT2D eigenvalue weighted by Crippen LogP contribution is -2.17. The standard InChI is InChI=1S/C12H17N.C11H15NO.H2/c1-9(2)8-12-10(3)6-5-7-11(4)13-12;1-4-9-7-10(11(13)12-3)6-5-8(9)2;/h5-7,11H,1,8H2,2-4H3;5-7H,4H2,1-3H3,(H,12,13);1H. The van der Waals surface area contributed by atoms with Crippen LogP contribution < -0.4 is 5.32 Å². The molecule has 1 N–H and O–H groups in total. The van der Waals surface area contributed by atoms with Crippen molar-refractivity contribution in [2.45, 2.75) is 53.5 Å². The first kappa shape index (κ1) is 21.6. The number of carbonyl (C=O) groups excluding carboxylic acids is 1. The number of nitrogens with one attached hydrogen (secondary N) is 1. The van der Waals surface area contributed by atoms with E-state index in [1.165, 1.54) is 28.0 Å². The summed E-state index contributed by atoms with van der Waals surface area (Å²) in [7, 11) is 1.65. The van der Waals surface area contributed by atoms with Crippen LogP contribution in [0.1, 0.15) is 57.0 Å². The lowest BCUT2D eigenvalue weighted by molar-refractivity contribution is 0.0963. The van der Waals surface area contributed by atoms with Gasteiger partial charge in [0, 0.05) is 26.2 Å². The number of rotatable bonds is 4. The van der Waals surface area contributed by atoms with E-state index in [1.54, 1.807) is 7.05 Å². The van der Waals surface area contributed by atoms with Crippen LogP contribution in [0.4, 0.5) is 0 Å². The average Bonchev–Trinajstić information content (AvgIpc) is 2.75. The van der Waals surface area contributed by atoms with Crippen LogP contribution in [-0.2, 0) is 6.42 Å². The van der Waals surface area contributed by atoms with Crippen LogP contribution in [0.25, 0.3) is 0 Å².